The maximum absolute atomic E-state index is 4.41. The van der Waals surface area contributed by atoms with Gasteiger partial charge in [-0.05, 0) is 39.2 Å². The zero-order valence-corrected chi connectivity index (χ0v) is 10.8. The van der Waals surface area contributed by atoms with Crippen LogP contribution in [0.1, 0.15) is 63.6 Å². The molecule has 1 aromatic rings. The van der Waals surface area contributed by atoms with Crippen LogP contribution in [0.2, 0.25) is 0 Å². The van der Waals surface area contributed by atoms with Gasteiger partial charge in [-0.15, -0.1) is 0 Å². The minimum Gasteiger partial charge on any atom is -0.327 e. The van der Waals surface area contributed by atoms with E-state index < -0.39 is 0 Å². The highest BCUT2D eigenvalue weighted by atomic mass is 15.1. The highest BCUT2D eigenvalue weighted by Gasteiger charge is 2.32. The van der Waals surface area contributed by atoms with Crippen LogP contribution in [-0.2, 0) is 5.54 Å². The van der Waals surface area contributed by atoms with Gasteiger partial charge in [-0.3, -0.25) is 0 Å². The molecule has 17 heavy (non-hydrogen) atoms. The standard InChI is InChI=1S/C14H23N3/c1-14(7-3-2-4-8-14)17-11-15-10-13(17)12-6-5-9-16-12/h10-12,16H,2-9H2,1H3/t12-/m0/s1. The summed E-state index contributed by atoms with van der Waals surface area (Å²) < 4.78 is 2.47. The topological polar surface area (TPSA) is 29.9 Å². The van der Waals surface area contributed by atoms with E-state index in [-0.39, 0.29) is 0 Å². The molecule has 1 N–H and O–H groups in total. The molecule has 2 heterocycles. The highest BCUT2D eigenvalue weighted by Crippen LogP contribution is 2.37. The van der Waals surface area contributed by atoms with Gasteiger partial charge in [0.1, 0.15) is 0 Å². The Balaban J connectivity index is 1.89. The average molecular weight is 233 g/mol. The highest BCUT2D eigenvalue weighted by molar-refractivity contribution is 5.11. The van der Waals surface area contributed by atoms with Crippen LogP contribution in [-0.4, -0.2) is 16.1 Å². The third-order valence-corrected chi connectivity index (χ3v) is 4.60. The Kier molecular flexibility index (Phi) is 2.95. The average Bonchev–Trinajstić information content (AvgIpc) is 3.01. The fourth-order valence-corrected chi connectivity index (χ4v) is 3.51. The van der Waals surface area contributed by atoms with Gasteiger partial charge in [-0.2, -0.15) is 0 Å². The molecule has 0 amide bonds. The molecule has 0 bridgehead atoms. The second kappa shape index (κ2) is 4.45. The summed E-state index contributed by atoms with van der Waals surface area (Å²) in [5.41, 5.74) is 1.72. The maximum Gasteiger partial charge on any atom is 0.0953 e. The van der Waals surface area contributed by atoms with Crippen LogP contribution in [0.25, 0.3) is 0 Å². The van der Waals surface area contributed by atoms with Crippen molar-refractivity contribution in [1.29, 1.82) is 0 Å². The van der Waals surface area contributed by atoms with Crippen LogP contribution in [0.4, 0.5) is 0 Å². The molecule has 3 heteroatoms. The fraction of sp³-hybridized carbons (Fsp3) is 0.786. The summed E-state index contributed by atoms with van der Waals surface area (Å²) in [6.45, 7) is 3.57. The fourth-order valence-electron chi connectivity index (χ4n) is 3.51. The molecule has 1 saturated heterocycles. The number of nitrogens with one attached hydrogen (secondary N) is 1. The predicted molar refractivity (Wildman–Crippen MR) is 68.9 cm³/mol. The third-order valence-electron chi connectivity index (χ3n) is 4.60. The Morgan fingerprint density at radius 3 is 2.82 bits per heavy atom. The minimum absolute atomic E-state index is 0.314. The van der Waals surface area contributed by atoms with Crippen molar-refractivity contribution in [2.24, 2.45) is 0 Å². The van der Waals surface area contributed by atoms with Crippen LogP contribution in [0, 0.1) is 0 Å². The molecule has 1 aliphatic heterocycles. The first-order chi connectivity index (χ1) is 8.30. The molecule has 3 nitrogen and oxygen atoms in total. The van der Waals surface area contributed by atoms with Gasteiger partial charge >= 0.3 is 0 Å². The van der Waals surface area contributed by atoms with E-state index in [0.29, 0.717) is 11.6 Å². The summed E-state index contributed by atoms with van der Waals surface area (Å²) in [6, 6.07) is 0.538. The summed E-state index contributed by atoms with van der Waals surface area (Å²) >= 11 is 0. The van der Waals surface area contributed by atoms with Crippen LogP contribution in [0.5, 0.6) is 0 Å². The molecule has 0 spiro atoms. The van der Waals surface area contributed by atoms with Crippen LogP contribution in [0.3, 0.4) is 0 Å². The molecular weight excluding hydrogens is 210 g/mol. The Bertz CT molecular complexity index is 371. The van der Waals surface area contributed by atoms with E-state index in [2.05, 4.69) is 34.3 Å². The van der Waals surface area contributed by atoms with Crippen molar-refractivity contribution in [3.63, 3.8) is 0 Å². The number of nitrogens with zero attached hydrogens (tertiary/aromatic N) is 2. The first-order valence-electron chi connectivity index (χ1n) is 7.06. The molecule has 0 unspecified atom stereocenters. The lowest BCUT2D eigenvalue weighted by Gasteiger charge is -2.37. The normalized spacial score (nSPS) is 28.4. The minimum atomic E-state index is 0.314. The molecular formula is C14H23N3. The van der Waals surface area contributed by atoms with E-state index in [1.165, 1.54) is 50.6 Å². The van der Waals surface area contributed by atoms with E-state index in [1.54, 1.807) is 0 Å². The van der Waals surface area contributed by atoms with Crippen molar-refractivity contribution in [3.05, 3.63) is 18.2 Å². The molecule has 1 aromatic heterocycles. The van der Waals surface area contributed by atoms with Crippen molar-refractivity contribution in [1.82, 2.24) is 14.9 Å². The summed E-state index contributed by atoms with van der Waals surface area (Å²) in [4.78, 5) is 4.41. The van der Waals surface area contributed by atoms with Crippen LogP contribution < -0.4 is 5.32 Å². The Hall–Kier alpha value is -0.830. The molecule has 1 aliphatic carbocycles. The second-order valence-electron chi connectivity index (χ2n) is 5.90. The third kappa shape index (κ3) is 2.01. The molecule has 3 rings (SSSR count). The second-order valence-corrected chi connectivity index (χ2v) is 5.90. The number of hydrogen-bond donors (Lipinski definition) is 1. The largest absolute Gasteiger partial charge is 0.327 e. The maximum atomic E-state index is 4.41. The van der Waals surface area contributed by atoms with Gasteiger partial charge in [-0.1, -0.05) is 19.3 Å². The Labute approximate surface area is 104 Å². The summed E-state index contributed by atoms with van der Waals surface area (Å²) in [5, 5.41) is 3.59. The number of hydrogen-bond acceptors (Lipinski definition) is 2. The quantitative estimate of drug-likeness (QED) is 0.851. The lowest BCUT2D eigenvalue weighted by molar-refractivity contribution is 0.210. The van der Waals surface area contributed by atoms with Crippen LogP contribution >= 0.6 is 0 Å². The number of rotatable bonds is 2. The van der Waals surface area contributed by atoms with Gasteiger partial charge < -0.3 is 9.88 Å². The van der Waals surface area contributed by atoms with Crippen LogP contribution in [0.15, 0.2) is 12.5 Å². The van der Waals surface area contributed by atoms with Gasteiger partial charge in [0.2, 0.25) is 0 Å². The zero-order chi connectivity index (χ0) is 11.7. The van der Waals surface area contributed by atoms with Crippen molar-refractivity contribution in [2.45, 2.75) is 63.5 Å². The van der Waals surface area contributed by atoms with Gasteiger partial charge in [0.25, 0.3) is 0 Å². The van der Waals surface area contributed by atoms with Gasteiger partial charge in [-0.25, -0.2) is 4.98 Å². The van der Waals surface area contributed by atoms with Gasteiger partial charge in [0, 0.05) is 17.8 Å². The molecule has 0 aromatic carbocycles. The Morgan fingerprint density at radius 1 is 1.29 bits per heavy atom. The summed E-state index contributed by atoms with van der Waals surface area (Å²) in [7, 11) is 0. The molecule has 1 saturated carbocycles. The monoisotopic (exact) mass is 233 g/mol. The summed E-state index contributed by atoms with van der Waals surface area (Å²) in [6.07, 6.45) is 13.4. The first kappa shape index (κ1) is 11.3. The molecule has 2 aliphatic rings. The van der Waals surface area contributed by atoms with Crippen molar-refractivity contribution < 1.29 is 0 Å². The lowest BCUT2D eigenvalue weighted by atomic mass is 9.83. The smallest absolute Gasteiger partial charge is 0.0953 e. The molecule has 2 fully saturated rings. The zero-order valence-electron chi connectivity index (χ0n) is 10.8. The van der Waals surface area contributed by atoms with E-state index in [1.807, 2.05) is 0 Å². The summed E-state index contributed by atoms with van der Waals surface area (Å²) in [5.74, 6) is 0. The molecule has 0 radical (unpaired) electrons. The van der Waals surface area contributed by atoms with E-state index >= 15 is 0 Å². The molecule has 94 valence electrons. The van der Waals surface area contributed by atoms with Crippen molar-refractivity contribution >= 4 is 0 Å². The van der Waals surface area contributed by atoms with Crippen molar-refractivity contribution in [2.75, 3.05) is 6.54 Å². The van der Waals surface area contributed by atoms with E-state index in [9.17, 15) is 0 Å². The predicted octanol–water partition coefficient (Wildman–Crippen LogP) is 2.99. The molecule has 1 atom stereocenters. The van der Waals surface area contributed by atoms with Crippen molar-refractivity contribution in [3.8, 4) is 0 Å². The number of imidazole rings is 1. The van der Waals surface area contributed by atoms with E-state index in [0.717, 1.165) is 6.54 Å². The van der Waals surface area contributed by atoms with E-state index in [4.69, 9.17) is 0 Å². The SMILES string of the molecule is CC1(n2cncc2[C@@H]2CCCN2)CCCCC1. The number of aromatic nitrogens is 2. The van der Waals surface area contributed by atoms with Gasteiger partial charge in [0.15, 0.2) is 0 Å². The Morgan fingerprint density at radius 2 is 2.12 bits per heavy atom. The lowest BCUT2D eigenvalue weighted by Crippen LogP contribution is -2.34. The van der Waals surface area contributed by atoms with Gasteiger partial charge in [0.05, 0.1) is 12.0 Å². The first-order valence-corrected chi connectivity index (χ1v) is 7.06.